The van der Waals surface area contributed by atoms with Gasteiger partial charge in [0.25, 0.3) is 5.91 Å². The van der Waals surface area contributed by atoms with E-state index in [0.29, 0.717) is 17.7 Å². The van der Waals surface area contributed by atoms with Crippen LogP contribution < -0.4 is 11.1 Å². The molecule has 1 amide bonds. The summed E-state index contributed by atoms with van der Waals surface area (Å²) in [6, 6.07) is 1.72. The third-order valence-electron chi connectivity index (χ3n) is 3.15. The number of hydrogen-bond acceptors (Lipinski definition) is 5. The second-order valence-corrected chi connectivity index (χ2v) is 4.68. The molecular weight excluding hydrogens is 268 g/mol. The van der Waals surface area contributed by atoms with E-state index in [1.54, 1.807) is 12.3 Å². The van der Waals surface area contributed by atoms with Gasteiger partial charge in [0.15, 0.2) is 0 Å². The zero-order valence-corrected chi connectivity index (χ0v) is 12.0. The van der Waals surface area contributed by atoms with Crippen molar-refractivity contribution in [2.75, 3.05) is 45.9 Å². The number of rotatable bonds is 4. The standard InChI is InChI=1S/C15H20N4O2/c16-3-1-2-13-10-14(12-17-11-13)15(20)18-4-5-19-6-8-21-9-7-19/h10-12H,3-9,16H2,(H,18,20). The second-order valence-electron chi connectivity index (χ2n) is 4.68. The predicted octanol–water partition coefficient (Wildman–Crippen LogP) is -0.546. The van der Waals surface area contributed by atoms with Gasteiger partial charge in [-0.2, -0.15) is 0 Å². The van der Waals surface area contributed by atoms with Gasteiger partial charge in [-0.25, -0.2) is 0 Å². The first-order valence-corrected chi connectivity index (χ1v) is 7.02. The summed E-state index contributed by atoms with van der Waals surface area (Å²) in [5.41, 5.74) is 6.53. The fourth-order valence-electron chi connectivity index (χ4n) is 2.04. The number of pyridine rings is 1. The number of nitrogens with two attached hydrogens (primary N) is 1. The minimum absolute atomic E-state index is 0.132. The largest absolute Gasteiger partial charge is 0.379 e. The van der Waals surface area contributed by atoms with Crippen molar-refractivity contribution in [3.63, 3.8) is 0 Å². The average molecular weight is 288 g/mol. The van der Waals surface area contributed by atoms with E-state index in [1.807, 2.05) is 0 Å². The van der Waals surface area contributed by atoms with Crippen LogP contribution in [0.25, 0.3) is 0 Å². The molecule has 0 saturated carbocycles. The lowest BCUT2D eigenvalue weighted by Gasteiger charge is -2.26. The van der Waals surface area contributed by atoms with Crippen LogP contribution in [0.1, 0.15) is 15.9 Å². The van der Waals surface area contributed by atoms with Crippen LogP contribution in [0.5, 0.6) is 0 Å². The number of morpholine rings is 1. The van der Waals surface area contributed by atoms with E-state index in [9.17, 15) is 4.79 Å². The van der Waals surface area contributed by atoms with Crippen molar-refractivity contribution in [2.45, 2.75) is 0 Å². The average Bonchev–Trinajstić information content (AvgIpc) is 2.54. The van der Waals surface area contributed by atoms with Gasteiger partial charge >= 0.3 is 0 Å². The topological polar surface area (TPSA) is 80.5 Å². The fraction of sp³-hybridized carbons (Fsp3) is 0.467. The molecule has 0 aliphatic carbocycles. The maximum Gasteiger partial charge on any atom is 0.252 e. The van der Waals surface area contributed by atoms with Gasteiger partial charge in [0.1, 0.15) is 0 Å². The summed E-state index contributed by atoms with van der Waals surface area (Å²) in [4.78, 5) is 18.3. The van der Waals surface area contributed by atoms with Gasteiger partial charge in [-0.15, -0.1) is 0 Å². The minimum atomic E-state index is -0.132. The summed E-state index contributed by atoms with van der Waals surface area (Å²) < 4.78 is 5.28. The van der Waals surface area contributed by atoms with Crippen LogP contribution in [-0.4, -0.2) is 61.7 Å². The minimum Gasteiger partial charge on any atom is -0.379 e. The summed E-state index contributed by atoms with van der Waals surface area (Å²) in [6.45, 7) is 5.09. The molecule has 0 radical (unpaired) electrons. The lowest BCUT2D eigenvalue weighted by Crippen LogP contribution is -2.41. The van der Waals surface area contributed by atoms with Crippen LogP contribution in [0.4, 0.5) is 0 Å². The Kier molecular flexibility index (Phi) is 6.16. The highest BCUT2D eigenvalue weighted by Crippen LogP contribution is 2.01. The van der Waals surface area contributed by atoms with Crippen LogP contribution in [-0.2, 0) is 4.74 Å². The first-order chi connectivity index (χ1) is 10.3. The Morgan fingerprint density at radius 3 is 3.00 bits per heavy atom. The monoisotopic (exact) mass is 288 g/mol. The van der Waals surface area contributed by atoms with E-state index in [4.69, 9.17) is 10.5 Å². The molecule has 1 saturated heterocycles. The molecule has 2 heterocycles. The Morgan fingerprint density at radius 1 is 1.43 bits per heavy atom. The number of nitrogens with zero attached hydrogens (tertiary/aromatic N) is 2. The number of aromatic nitrogens is 1. The number of hydrogen-bond donors (Lipinski definition) is 2. The molecule has 0 aromatic carbocycles. The van der Waals surface area contributed by atoms with Crippen LogP contribution >= 0.6 is 0 Å². The summed E-state index contributed by atoms with van der Waals surface area (Å²) >= 11 is 0. The Morgan fingerprint density at radius 2 is 2.24 bits per heavy atom. The molecule has 0 bridgehead atoms. The second kappa shape index (κ2) is 8.37. The quantitative estimate of drug-likeness (QED) is 0.727. The maximum atomic E-state index is 12.0. The Bertz CT molecular complexity index is 530. The maximum absolute atomic E-state index is 12.0. The van der Waals surface area contributed by atoms with Gasteiger partial charge in [0, 0.05) is 44.1 Å². The van der Waals surface area contributed by atoms with Crippen molar-refractivity contribution < 1.29 is 9.53 Å². The smallest absolute Gasteiger partial charge is 0.252 e. The van der Waals surface area contributed by atoms with Gasteiger partial charge in [-0.05, 0) is 6.07 Å². The van der Waals surface area contributed by atoms with Gasteiger partial charge < -0.3 is 15.8 Å². The molecular formula is C15H20N4O2. The molecule has 1 fully saturated rings. The molecule has 0 atom stereocenters. The Balaban J connectivity index is 1.82. The molecule has 1 aromatic heterocycles. The summed E-state index contributed by atoms with van der Waals surface area (Å²) in [7, 11) is 0. The van der Waals surface area contributed by atoms with E-state index >= 15 is 0 Å². The molecule has 0 spiro atoms. The summed E-state index contributed by atoms with van der Waals surface area (Å²) in [5, 5.41) is 2.90. The van der Waals surface area contributed by atoms with Gasteiger partial charge in [-0.3, -0.25) is 14.7 Å². The highest BCUT2D eigenvalue weighted by molar-refractivity contribution is 5.94. The lowest BCUT2D eigenvalue weighted by molar-refractivity contribution is 0.0383. The molecule has 6 heteroatoms. The molecule has 112 valence electrons. The molecule has 21 heavy (non-hydrogen) atoms. The molecule has 0 unspecified atom stereocenters. The van der Waals surface area contributed by atoms with Crippen LogP contribution in [0, 0.1) is 11.8 Å². The first kappa shape index (κ1) is 15.4. The van der Waals surface area contributed by atoms with Gasteiger partial charge in [0.2, 0.25) is 0 Å². The van der Waals surface area contributed by atoms with Crippen molar-refractivity contribution in [1.29, 1.82) is 0 Å². The van der Waals surface area contributed by atoms with E-state index in [0.717, 1.165) is 32.8 Å². The van der Waals surface area contributed by atoms with Crippen molar-refractivity contribution in [3.05, 3.63) is 29.6 Å². The Labute approximate surface area is 124 Å². The van der Waals surface area contributed by atoms with Crippen molar-refractivity contribution in [1.82, 2.24) is 15.2 Å². The van der Waals surface area contributed by atoms with Crippen molar-refractivity contribution in [3.8, 4) is 11.8 Å². The zero-order valence-electron chi connectivity index (χ0n) is 12.0. The lowest BCUT2D eigenvalue weighted by atomic mass is 10.2. The fourth-order valence-corrected chi connectivity index (χ4v) is 2.04. The first-order valence-electron chi connectivity index (χ1n) is 7.02. The molecule has 1 aromatic rings. The van der Waals surface area contributed by atoms with Gasteiger partial charge in [0.05, 0.1) is 25.3 Å². The number of carbonyl (C=O) groups excluding carboxylic acids is 1. The predicted molar refractivity (Wildman–Crippen MR) is 79.8 cm³/mol. The number of carbonyl (C=O) groups is 1. The number of nitrogens with one attached hydrogen (secondary N) is 1. The molecule has 2 rings (SSSR count). The highest BCUT2D eigenvalue weighted by Gasteiger charge is 2.11. The van der Waals surface area contributed by atoms with Crippen LogP contribution in [0.3, 0.4) is 0 Å². The van der Waals surface area contributed by atoms with E-state index in [2.05, 4.69) is 27.0 Å². The third-order valence-corrected chi connectivity index (χ3v) is 3.15. The van der Waals surface area contributed by atoms with E-state index in [-0.39, 0.29) is 12.5 Å². The molecule has 3 N–H and O–H groups in total. The van der Waals surface area contributed by atoms with Crippen molar-refractivity contribution >= 4 is 5.91 Å². The normalized spacial score (nSPS) is 15.1. The molecule has 6 nitrogen and oxygen atoms in total. The highest BCUT2D eigenvalue weighted by atomic mass is 16.5. The SMILES string of the molecule is NCC#Cc1cncc(C(=O)NCCN2CCOCC2)c1. The van der Waals surface area contributed by atoms with Crippen molar-refractivity contribution in [2.24, 2.45) is 5.73 Å². The molecule has 1 aliphatic rings. The number of amides is 1. The third kappa shape index (κ3) is 5.16. The summed E-state index contributed by atoms with van der Waals surface area (Å²) in [5.74, 6) is 5.48. The van der Waals surface area contributed by atoms with Crippen LogP contribution in [0.2, 0.25) is 0 Å². The van der Waals surface area contributed by atoms with Crippen LogP contribution in [0.15, 0.2) is 18.5 Å². The van der Waals surface area contributed by atoms with E-state index in [1.165, 1.54) is 6.20 Å². The van der Waals surface area contributed by atoms with Gasteiger partial charge in [-0.1, -0.05) is 11.8 Å². The molecule has 1 aliphatic heterocycles. The summed E-state index contributed by atoms with van der Waals surface area (Å²) in [6.07, 6.45) is 3.16. The van der Waals surface area contributed by atoms with E-state index < -0.39 is 0 Å². The zero-order chi connectivity index (χ0) is 14.9. The number of ether oxygens (including phenoxy) is 1. The Hall–Kier alpha value is -1.94.